The maximum Gasteiger partial charge on any atom is 0.234 e. The zero-order valence-corrected chi connectivity index (χ0v) is 16.4. The molecule has 2 aromatic carbocycles. The van der Waals surface area contributed by atoms with Gasteiger partial charge >= 0.3 is 0 Å². The van der Waals surface area contributed by atoms with Crippen LogP contribution in [-0.4, -0.2) is 43.7 Å². The van der Waals surface area contributed by atoms with E-state index in [1.165, 1.54) is 12.1 Å². The molecule has 4 rings (SSSR count). The van der Waals surface area contributed by atoms with Gasteiger partial charge in [0, 0.05) is 49.5 Å². The van der Waals surface area contributed by atoms with Crippen LogP contribution >= 0.6 is 0 Å². The van der Waals surface area contributed by atoms with Gasteiger partial charge in [-0.1, -0.05) is 12.1 Å². The lowest BCUT2D eigenvalue weighted by atomic mass is 10.1. The van der Waals surface area contributed by atoms with E-state index in [1.54, 1.807) is 19.2 Å². The summed E-state index contributed by atoms with van der Waals surface area (Å²) in [6.45, 7) is 2.54. The Hall–Kier alpha value is -2.64. The molecule has 1 amide bonds. The highest BCUT2D eigenvalue weighted by Gasteiger charge is 2.22. The number of carbonyl (C=O) groups excluding carboxylic acids is 1. The number of methoxy groups -OCH3 is 1. The SMILES string of the molecule is COc1ccc2c(c1)Oc1cc(F)ccc1CN(CC(=O)NCC1CCCO1)C2. The van der Waals surface area contributed by atoms with E-state index in [-0.39, 0.29) is 24.4 Å². The summed E-state index contributed by atoms with van der Waals surface area (Å²) in [7, 11) is 1.59. The van der Waals surface area contributed by atoms with Gasteiger partial charge in [-0.25, -0.2) is 4.39 Å². The molecule has 0 radical (unpaired) electrons. The van der Waals surface area contributed by atoms with Crippen LogP contribution in [0.3, 0.4) is 0 Å². The first-order chi connectivity index (χ1) is 14.1. The summed E-state index contributed by atoms with van der Waals surface area (Å²) >= 11 is 0. The number of fused-ring (bicyclic) bond motifs is 2. The van der Waals surface area contributed by atoms with Crippen molar-refractivity contribution in [3.05, 3.63) is 53.3 Å². The Morgan fingerprint density at radius 1 is 1.21 bits per heavy atom. The van der Waals surface area contributed by atoms with Crippen molar-refractivity contribution in [1.29, 1.82) is 0 Å². The first kappa shape index (κ1) is 19.7. The lowest BCUT2D eigenvalue weighted by molar-refractivity contribution is -0.123. The van der Waals surface area contributed by atoms with Gasteiger partial charge in [-0.15, -0.1) is 0 Å². The van der Waals surface area contributed by atoms with Crippen molar-refractivity contribution in [3.8, 4) is 17.2 Å². The number of ether oxygens (including phenoxy) is 3. The lowest BCUT2D eigenvalue weighted by Gasteiger charge is -2.27. The van der Waals surface area contributed by atoms with E-state index in [0.717, 1.165) is 30.6 Å². The maximum atomic E-state index is 13.8. The molecule has 0 spiro atoms. The first-order valence-electron chi connectivity index (χ1n) is 9.84. The quantitative estimate of drug-likeness (QED) is 0.835. The van der Waals surface area contributed by atoms with Crippen molar-refractivity contribution in [2.24, 2.45) is 0 Å². The number of hydrogen-bond donors (Lipinski definition) is 1. The van der Waals surface area contributed by atoms with Crippen LogP contribution in [0.15, 0.2) is 36.4 Å². The molecule has 0 saturated carbocycles. The van der Waals surface area contributed by atoms with Crippen LogP contribution in [0.25, 0.3) is 0 Å². The molecule has 0 aliphatic carbocycles. The highest BCUT2D eigenvalue weighted by atomic mass is 19.1. The molecule has 1 fully saturated rings. The van der Waals surface area contributed by atoms with Gasteiger partial charge in [-0.2, -0.15) is 0 Å². The maximum absolute atomic E-state index is 13.8. The number of benzene rings is 2. The summed E-state index contributed by atoms with van der Waals surface area (Å²) in [6, 6.07) is 10.0. The van der Waals surface area contributed by atoms with E-state index in [1.807, 2.05) is 17.0 Å². The third-order valence-electron chi connectivity index (χ3n) is 5.23. The van der Waals surface area contributed by atoms with Crippen LogP contribution in [-0.2, 0) is 22.6 Å². The zero-order chi connectivity index (χ0) is 20.2. The van der Waals surface area contributed by atoms with E-state index < -0.39 is 0 Å². The van der Waals surface area contributed by atoms with Crippen LogP contribution in [0.2, 0.25) is 0 Å². The normalized spacial score (nSPS) is 18.8. The Bertz CT molecular complexity index is 883. The fraction of sp³-hybridized carbons (Fsp3) is 0.409. The van der Waals surface area contributed by atoms with Gasteiger partial charge in [0.1, 0.15) is 23.1 Å². The second kappa shape index (κ2) is 8.80. The van der Waals surface area contributed by atoms with Gasteiger partial charge in [0.15, 0.2) is 0 Å². The van der Waals surface area contributed by atoms with E-state index in [4.69, 9.17) is 14.2 Å². The molecule has 1 unspecified atom stereocenters. The Morgan fingerprint density at radius 2 is 1.97 bits per heavy atom. The number of amides is 1. The van der Waals surface area contributed by atoms with Crippen molar-refractivity contribution in [2.45, 2.75) is 32.0 Å². The Balaban J connectivity index is 1.53. The van der Waals surface area contributed by atoms with Gasteiger partial charge in [-0.3, -0.25) is 9.69 Å². The molecular formula is C22H25FN2O4. The number of nitrogens with zero attached hydrogens (tertiary/aromatic N) is 1. The fourth-order valence-electron chi connectivity index (χ4n) is 3.70. The highest BCUT2D eigenvalue weighted by Crippen LogP contribution is 2.35. The summed E-state index contributed by atoms with van der Waals surface area (Å²) in [5.74, 6) is 1.28. The summed E-state index contributed by atoms with van der Waals surface area (Å²) in [5.41, 5.74) is 1.74. The third kappa shape index (κ3) is 4.86. The predicted molar refractivity (Wildman–Crippen MR) is 106 cm³/mol. The standard InChI is InChI=1S/C22H25FN2O4/c1-27-18-7-5-16-13-25(14-22(26)24-11-19-3-2-8-28-19)12-15-4-6-17(23)9-20(15)29-21(16)10-18/h4-7,9-10,19H,2-3,8,11-14H2,1H3,(H,24,26). The summed E-state index contributed by atoms with van der Waals surface area (Å²) < 4.78 is 30.7. The van der Waals surface area contributed by atoms with Gasteiger partial charge < -0.3 is 19.5 Å². The van der Waals surface area contributed by atoms with Crippen LogP contribution in [0.1, 0.15) is 24.0 Å². The minimum atomic E-state index is -0.366. The topological polar surface area (TPSA) is 60.0 Å². The molecule has 7 heteroatoms. The van der Waals surface area contributed by atoms with Gasteiger partial charge in [0.05, 0.1) is 19.8 Å². The molecule has 2 aliphatic heterocycles. The molecule has 0 bridgehead atoms. The van der Waals surface area contributed by atoms with Crippen molar-refractivity contribution in [2.75, 3.05) is 26.8 Å². The largest absolute Gasteiger partial charge is 0.497 e. The smallest absolute Gasteiger partial charge is 0.234 e. The molecule has 0 aromatic heterocycles. The summed E-state index contributed by atoms with van der Waals surface area (Å²) in [6.07, 6.45) is 2.13. The third-order valence-corrected chi connectivity index (χ3v) is 5.23. The summed E-state index contributed by atoms with van der Waals surface area (Å²) in [5, 5.41) is 2.97. The van der Waals surface area contributed by atoms with Crippen molar-refractivity contribution in [1.82, 2.24) is 10.2 Å². The van der Waals surface area contributed by atoms with E-state index in [2.05, 4.69) is 5.32 Å². The average Bonchev–Trinajstić information content (AvgIpc) is 3.22. The molecule has 2 heterocycles. The Kier molecular flexibility index (Phi) is 5.97. The molecule has 29 heavy (non-hydrogen) atoms. The number of nitrogens with one attached hydrogen (secondary N) is 1. The second-order valence-corrected chi connectivity index (χ2v) is 7.41. The average molecular weight is 400 g/mol. The fourth-order valence-corrected chi connectivity index (χ4v) is 3.70. The van der Waals surface area contributed by atoms with E-state index in [0.29, 0.717) is 36.9 Å². The molecule has 1 N–H and O–H groups in total. The van der Waals surface area contributed by atoms with Gasteiger partial charge in [0.2, 0.25) is 5.91 Å². The number of rotatable bonds is 5. The van der Waals surface area contributed by atoms with Crippen molar-refractivity contribution < 1.29 is 23.4 Å². The molecule has 6 nitrogen and oxygen atoms in total. The Labute approximate surface area is 169 Å². The second-order valence-electron chi connectivity index (χ2n) is 7.41. The number of halogens is 1. The first-order valence-corrected chi connectivity index (χ1v) is 9.84. The Morgan fingerprint density at radius 3 is 2.69 bits per heavy atom. The highest BCUT2D eigenvalue weighted by molar-refractivity contribution is 5.78. The van der Waals surface area contributed by atoms with E-state index in [9.17, 15) is 9.18 Å². The predicted octanol–water partition coefficient (Wildman–Crippen LogP) is 3.24. The minimum absolute atomic E-state index is 0.0549. The van der Waals surface area contributed by atoms with Crippen LogP contribution in [0.5, 0.6) is 17.2 Å². The number of hydrogen-bond acceptors (Lipinski definition) is 5. The molecule has 2 aromatic rings. The number of carbonyl (C=O) groups is 1. The summed E-state index contributed by atoms with van der Waals surface area (Å²) in [4.78, 5) is 14.5. The molecule has 1 saturated heterocycles. The van der Waals surface area contributed by atoms with E-state index >= 15 is 0 Å². The molecular weight excluding hydrogens is 375 g/mol. The van der Waals surface area contributed by atoms with Crippen LogP contribution < -0.4 is 14.8 Å². The monoisotopic (exact) mass is 400 g/mol. The van der Waals surface area contributed by atoms with Crippen molar-refractivity contribution >= 4 is 5.91 Å². The molecule has 1 atom stereocenters. The van der Waals surface area contributed by atoms with Crippen LogP contribution in [0, 0.1) is 5.82 Å². The van der Waals surface area contributed by atoms with Crippen LogP contribution in [0.4, 0.5) is 4.39 Å². The molecule has 2 aliphatic rings. The van der Waals surface area contributed by atoms with Crippen molar-refractivity contribution in [3.63, 3.8) is 0 Å². The van der Waals surface area contributed by atoms with Gasteiger partial charge in [-0.05, 0) is 25.0 Å². The van der Waals surface area contributed by atoms with Gasteiger partial charge in [0.25, 0.3) is 0 Å². The lowest BCUT2D eigenvalue weighted by Crippen LogP contribution is -2.40. The zero-order valence-electron chi connectivity index (χ0n) is 16.4. The molecule has 154 valence electrons. The minimum Gasteiger partial charge on any atom is -0.497 e.